The summed E-state index contributed by atoms with van der Waals surface area (Å²) < 4.78 is 0. The van der Waals surface area contributed by atoms with Gasteiger partial charge in [-0.05, 0) is 42.4 Å². The Morgan fingerprint density at radius 1 is 0.955 bits per heavy atom. The molecule has 0 saturated heterocycles. The van der Waals surface area contributed by atoms with Crippen LogP contribution in [0.2, 0.25) is 0 Å². The fraction of sp³-hybridized carbons (Fsp3) is 0.810. The largest absolute Gasteiger partial charge is 0.144 e. The lowest BCUT2D eigenvalue weighted by molar-refractivity contribution is 0.00500. The summed E-state index contributed by atoms with van der Waals surface area (Å²) in [5.74, 6) is 12.1. The molecule has 2 fully saturated rings. The topological polar surface area (TPSA) is 0 Å². The highest BCUT2D eigenvalue weighted by Gasteiger charge is 2.47. The van der Waals surface area contributed by atoms with Crippen LogP contribution < -0.4 is 0 Å². The molecule has 1 heteroatoms. The zero-order chi connectivity index (χ0) is 16.1. The lowest BCUT2D eigenvalue weighted by Crippen LogP contribution is -2.43. The van der Waals surface area contributed by atoms with Gasteiger partial charge in [0.1, 0.15) is 0 Å². The predicted molar refractivity (Wildman–Crippen MR) is 101 cm³/mol. The maximum atomic E-state index is 3.70. The monoisotopic (exact) mass is 314 g/mol. The van der Waals surface area contributed by atoms with Crippen LogP contribution in [-0.2, 0) is 0 Å². The van der Waals surface area contributed by atoms with E-state index in [1.807, 2.05) is 0 Å². The van der Waals surface area contributed by atoms with Gasteiger partial charge in [-0.2, -0.15) is 0 Å². The summed E-state index contributed by atoms with van der Waals surface area (Å²) in [5, 5.41) is 0. The highest BCUT2D eigenvalue weighted by molar-refractivity contribution is 6.22. The van der Waals surface area contributed by atoms with Crippen LogP contribution >= 0.6 is 0 Å². The molecule has 0 bridgehead atoms. The van der Waals surface area contributed by atoms with E-state index < -0.39 is 0 Å². The average Bonchev–Trinajstić information content (AvgIpc) is 2.51. The summed E-state index contributed by atoms with van der Waals surface area (Å²) in [7, 11) is 1.00. The molecule has 0 aromatic rings. The summed E-state index contributed by atoms with van der Waals surface area (Å²) in [6, 6.07) is 0. The van der Waals surface area contributed by atoms with Crippen LogP contribution in [0.4, 0.5) is 0 Å². The molecule has 22 heavy (non-hydrogen) atoms. The van der Waals surface area contributed by atoms with Crippen molar-refractivity contribution in [2.24, 2.45) is 22.7 Å². The third kappa shape index (κ3) is 4.00. The molecule has 2 rings (SSSR count). The summed E-state index contributed by atoms with van der Waals surface area (Å²) in [6.45, 7) is 7.34. The number of hydrogen-bond donors (Lipinski definition) is 0. The third-order valence-corrected chi connectivity index (χ3v) is 7.05. The Kier molecular flexibility index (Phi) is 6.23. The summed E-state index contributed by atoms with van der Waals surface area (Å²) >= 11 is 0. The van der Waals surface area contributed by atoms with Gasteiger partial charge in [0.2, 0.25) is 0 Å². The van der Waals surface area contributed by atoms with E-state index in [-0.39, 0.29) is 5.41 Å². The Morgan fingerprint density at radius 2 is 1.68 bits per heavy atom. The molecule has 0 N–H and O–H groups in total. The van der Waals surface area contributed by atoms with Gasteiger partial charge in [-0.15, -0.1) is 17.4 Å². The van der Waals surface area contributed by atoms with Gasteiger partial charge in [-0.25, -0.2) is 0 Å². The van der Waals surface area contributed by atoms with Gasteiger partial charge < -0.3 is 0 Å². The van der Waals surface area contributed by atoms with Gasteiger partial charge in [-0.3, -0.25) is 0 Å². The Balaban J connectivity index is 2.01. The Bertz CT molecular complexity index is 476. The van der Waals surface area contributed by atoms with Crippen molar-refractivity contribution in [1.29, 1.82) is 0 Å². The Morgan fingerprint density at radius 3 is 2.36 bits per heavy atom. The van der Waals surface area contributed by atoms with Crippen LogP contribution in [0.25, 0.3) is 0 Å². The SMILES string of the molecule is CC1(CC#C[SiH3])CCCC(C#CCC2CCCCC2)C1(C)C. The average molecular weight is 315 g/mol. The van der Waals surface area contributed by atoms with Crippen LogP contribution in [0.3, 0.4) is 0 Å². The van der Waals surface area contributed by atoms with E-state index >= 15 is 0 Å². The Hall–Kier alpha value is -0.663. The maximum Gasteiger partial charge on any atom is 0.0906 e. The minimum absolute atomic E-state index is 0.288. The molecule has 0 heterocycles. The van der Waals surface area contributed by atoms with Crippen LogP contribution in [0, 0.1) is 46.0 Å². The molecule has 122 valence electrons. The second kappa shape index (κ2) is 7.74. The quantitative estimate of drug-likeness (QED) is 0.520. The zero-order valence-corrected chi connectivity index (χ0v) is 17.2. The summed E-state index contributed by atoms with van der Waals surface area (Å²) in [6.07, 6.45) is 13.3. The van der Waals surface area contributed by atoms with Gasteiger partial charge in [0.15, 0.2) is 0 Å². The van der Waals surface area contributed by atoms with Crippen LogP contribution in [0.15, 0.2) is 0 Å². The number of hydrogen-bond acceptors (Lipinski definition) is 0. The van der Waals surface area contributed by atoms with E-state index in [1.165, 1.54) is 51.4 Å². The predicted octanol–water partition coefficient (Wildman–Crippen LogP) is 4.51. The first-order valence-electron chi connectivity index (χ1n) is 9.37. The molecule has 2 aliphatic carbocycles. The van der Waals surface area contributed by atoms with E-state index in [2.05, 4.69) is 44.1 Å². The highest BCUT2D eigenvalue weighted by Crippen LogP contribution is 2.54. The molecular weight excluding hydrogens is 280 g/mol. The van der Waals surface area contributed by atoms with Crippen LogP contribution in [-0.4, -0.2) is 10.2 Å². The fourth-order valence-electron chi connectivity index (χ4n) is 4.37. The minimum Gasteiger partial charge on any atom is -0.144 e. The van der Waals surface area contributed by atoms with E-state index in [9.17, 15) is 0 Å². The van der Waals surface area contributed by atoms with E-state index in [0.29, 0.717) is 11.3 Å². The molecule has 0 spiro atoms. The summed E-state index contributed by atoms with van der Waals surface area (Å²) in [4.78, 5) is 0. The van der Waals surface area contributed by atoms with Crippen molar-refractivity contribution in [2.45, 2.75) is 85.0 Å². The molecule has 0 aromatic carbocycles. The van der Waals surface area contributed by atoms with Gasteiger partial charge in [-0.1, -0.05) is 52.4 Å². The second-order valence-electron chi connectivity index (χ2n) is 8.36. The van der Waals surface area contributed by atoms with Crippen molar-refractivity contribution < 1.29 is 0 Å². The lowest BCUT2D eigenvalue weighted by atomic mass is 9.53. The molecule has 2 aliphatic rings. The summed E-state index contributed by atoms with van der Waals surface area (Å²) in [5.41, 5.74) is 3.86. The van der Waals surface area contributed by atoms with Crippen LogP contribution in [0.1, 0.15) is 85.0 Å². The fourth-order valence-corrected chi connectivity index (χ4v) is 4.55. The van der Waals surface area contributed by atoms with Crippen molar-refractivity contribution in [2.75, 3.05) is 0 Å². The lowest BCUT2D eigenvalue weighted by Gasteiger charge is -2.51. The first-order chi connectivity index (χ1) is 10.5. The minimum atomic E-state index is 0.288. The smallest absolute Gasteiger partial charge is 0.0906 e. The molecule has 0 radical (unpaired) electrons. The van der Waals surface area contributed by atoms with Crippen LogP contribution in [0.5, 0.6) is 0 Å². The Labute approximate surface area is 141 Å². The van der Waals surface area contributed by atoms with Gasteiger partial charge in [0.25, 0.3) is 0 Å². The highest BCUT2D eigenvalue weighted by atomic mass is 28.1. The number of rotatable bonds is 2. The zero-order valence-electron chi connectivity index (χ0n) is 15.2. The second-order valence-corrected chi connectivity index (χ2v) is 8.86. The van der Waals surface area contributed by atoms with Crippen molar-refractivity contribution in [1.82, 2.24) is 0 Å². The maximum absolute atomic E-state index is 3.70. The molecular formula is C21H34Si. The third-order valence-electron chi connectivity index (χ3n) is 6.70. The van der Waals surface area contributed by atoms with E-state index in [1.54, 1.807) is 0 Å². The standard InChI is InChI=1S/C21H34Si/c1-20(2)19(13-7-12-18-10-5-4-6-11-18)14-8-15-21(20,3)16-9-17-22/h18-19H,4-6,8,10-12,14-16H2,1-3,22H3. The van der Waals surface area contributed by atoms with E-state index in [4.69, 9.17) is 0 Å². The molecule has 0 aliphatic heterocycles. The molecule has 0 aromatic heterocycles. The molecule has 0 amide bonds. The first kappa shape index (κ1) is 17.7. The normalized spacial score (nSPS) is 31.7. The molecule has 2 unspecified atom stereocenters. The van der Waals surface area contributed by atoms with Crippen molar-refractivity contribution in [3.05, 3.63) is 0 Å². The first-order valence-corrected chi connectivity index (χ1v) is 10.4. The van der Waals surface area contributed by atoms with Gasteiger partial charge in [0.05, 0.1) is 10.2 Å². The molecule has 2 atom stereocenters. The van der Waals surface area contributed by atoms with Crippen molar-refractivity contribution in [3.63, 3.8) is 0 Å². The van der Waals surface area contributed by atoms with Gasteiger partial charge in [0, 0.05) is 18.8 Å². The molecule has 2 saturated carbocycles. The molecule has 0 nitrogen and oxygen atoms in total. The van der Waals surface area contributed by atoms with Gasteiger partial charge >= 0.3 is 0 Å². The van der Waals surface area contributed by atoms with E-state index in [0.717, 1.165) is 29.0 Å². The van der Waals surface area contributed by atoms with Crippen molar-refractivity contribution in [3.8, 4) is 23.3 Å². The van der Waals surface area contributed by atoms with Crippen molar-refractivity contribution >= 4 is 10.2 Å².